The van der Waals surface area contributed by atoms with Gasteiger partial charge in [0.15, 0.2) is 5.75 Å². The maximum absolute atomic E-state index is 12.4. The molecule has 1 atom stereocenters. The predicted molar refractivity (Wildman–Crippen MR) is 92.7 cm³/mol. The zero-order chi connectivity index (χ0) is 17.5. The quantitative estimate of drug-likeness (QED) is 0.591. The first-order valence-electron chi connectivity index (χ1n) is 7.63. The summed E-state index contributed by atoms with van der Waals surface area (Å²) in [5.74, 6) is 0.195. The molecule has 0 aliphatic rings. The summed E-state index contributed by atoms with van der Waals surface area (Å²) in [5, 5.41) is 4.11. The zero-order valence-corrected chi connectivity index (χ0v) is 16.0. The third-order valence-corrected chi connectivity index (χ3v) is 5.20. The Balaban J connectivity index is 3.14. The lowest BCUT2D eigenvalue weighted by atomic mass is 10.3. The first kappa shape index (κ1) is 20.1. The lowest BCUT2D eigenvalue weighted by Gasteiger charge is -2.24. The van der Waals surface area contributed by atoms with Crippen molar-refractivity contribution in [2.75, 3.05) is 13.7 Å². The normalized spacial score (nSPS) is 13.8. The van der Waals surface area contributed by atoms with E-state index in [0.717, 1.165) is 12.8 Å². The first-order valence-corrected chi connectivity index (χ1v) is 10.2. The smallest absolute Gasteiger partial charge is 0.381 e. The van der Waals surface area contributed by atoms with Crippen LogP contribution in [0.15, 0.2) is 11.0 Å². The second-order valence-corrected chi connectivity index (χ2v) is 7.92. The fourth-order valence-electron chi connectivity index (χ4n) is 1.79. The molecule has 0 fully saturated rings. The van der Waals surface area contributed by atoms with Crippen molar-refractivity contribution < 1.29 is 18.3 Å². The molecule has 1 rings (SSSR count). The Bertz CT molecular complexity index is 605. The number of hydrogen-bond acceptors (Lipinski definition) is 7. The SMILES string of the molecule is CCCCn1ncc(OP(=S)(OCC)OC(C)C)c(OC)c1=O. The van der Waals surface area contributed by atoms with Gasteiger partial charge in [-0.3, -0.25) is 13.8 Å². The highest BCUT2D eigenvalue weighted by atomic mass is 32.5. The second-order valence-electron chi connectivity index (χ2n) is 5.03. The number of methoxy groups -OCH3 is 1. The minimum Gasteiger partial charge on any atom is -0.488 e. The Labute approximate surface area is 142 Å². The van der Waals surface area contributed by atoms with Crippen molar-refractivity contribution >= 4 is 18.5 Å². The highest BCUT2D eigenvalue weighted by Gasteiger charge is 2.27. The standard InChI is InChI=1S/C14H25N2O5PS/c1-6-8-9-16-14(17)13(18-5)12(10-15-16)21-22(23,19-7-2)20-11(3)4/h10-11H,6-9H2,1-5H3. The van der Waals surface area contributed by atoms with Gasteiger partial charge in [-0.1, -0.05) is 13.3 Å². The van der Waals surface area contributed by atoms with E-state index in [0.29, 0.717) is 13.2 Å². The van der Waals surface area contributed by atoms with Crippen molar-refractivity contribution in [3.05, 3.63) is 16.6 Å². The summed E-state index contributed by atoms with van der Waals surface area (Å²) in [5.41, 5.74) is -0.360. The summed E-state index contributed by atoms with van der Waals surface area (Å²) in [6.07, 6.45) is 3.06. The third-order valence-electron chi connectivity index (χ3n) is 2.73. The zero-order valence-electron chi connectivity index (χ0n) is 14.3. The Morgan fingerprint density at radius 3 is 2.61 bits per heavy atom. The molecular weight excluding hydrogens is 339 g/mol. The average Bonchev–Trinajstić information content (AvgIpc) is 2.46. The van der Waals surface area contributed by atoms with Gasteiger partial charge in [-0.15, -0.1) is 0 Å². The maximum atomic E-state index is 12.4. The maximum Gasteiger partial charge on any atom is 0.381 e. The lowest BCUT2D eigenvalue weighted by molar-refractivity contribution is 0.169. The van der Waals surface area contributed by atoms with E-state index < -0.39 is 6.72 Å². The number of rotatable bonds is 10. The molecule has 1 unspecified atom stereocenters. The summed E-state index contributed by atoms with van der Waals surface area (Å²) < 4.78 is 23.3. The van der Waals surface area contributed by atoms with Crippen molar-refractivity contribution in [2.24, 2.45) is 0 Å². The Hall–Kier alpha value is -0.950. The molecule has 23 heavy (non-hydrogen) atoms. The van der Waals surface area contributed by atoms with Gasteiger partial charge in [-0.05, 0) is 27.2 Å². The largest absolute Gasteiger partial charge is 0.488 e. The summed E-state index contributed by atoms with van der Waals surface area (Å²) in [6.45, 7) is 5.34. The van der Waals surface area contributed by atoms with E-state index in [-0.39, 0.29) is 23.2 Å². The molecule has 132 valence electrons. The van der Waals surface area contributed by atoms with Gasteiger partial charge in [0.2, 0.25) is 5.75 Å². The number of aryl methyl sites for hydroxylation is 1. The molecule has 0 saturated carbocycles. The molecular formula is C14H25N2O5PS. The number of aromatic nitrogens is 2. The molecule has 0 amide bonds. The minimum absolute atomic E-state index is 0.0531. The van der Waals surface area contributed by atoms with Gasteiger partial charge in [-0.2, -0.15) is 5.10 Å². The number of ether oxygens (including phenoxy) is 1. The van der Waals surface area contributed by atoms with Crippen LogP contribution in [0.5, 0.6) is 11.5 Å². The molecule has 0 N–H and O–H groups in total. The van der Waals surface area contributed by atoms with Gasteiger partial charge < -0.3 is 9.26 Å². The Morgan fingerprint density at radius 2 is 2.09 bits per heavy atom. The van der Waals surface area contributed by atoms with Gasteiger partial charge in [-0.25, -0.2) is 4.68 Å². The molecule has 1 heterocycles. The summed E-state index contributed by atoms with van der Waals surface area (Å²) in [4.78, 5) is 12.4. The summed E-state index contributed by atoms with van der Waals surface area (Å²) in [7, 11) is 1.40. The minimum atomic E-state index is -3.03. The van der Waals surface area contributed by atoms with Crippen LogP contribution in [0.25, 0.3) is 0 Å². The van der Waals surface area contributed by atoms with Gasteiger partial charge in [0.25, 0.3) is 0 Å². The Morgan fingerprint density at radius 1 is 1.39 bits per heavy atom. The van der Waals surface area contributed by atoms with Crippen molar-refractivity contribution in [1.29, 1.82) is 0 Å². The van der Waals surface area contributed by atoms with E-state index in [2.05, 4.69) is 5.10 Å². The lowest BCUT2D eigenvalue weighted by Crippen LogP contribution is -2.24. The molecule has 0 radical (unpaired) electrons. The van der Waals surface area contributed by atoms with Crippen molar-refractivity contribution in [2.45, 2.75) is 53.2 Å². The van der Waals surface area contributed by atoms with E-state index in [1.165, 1.54) is 18.0 Å². The molecule has 0 aliphatic heterocycles. The van der Waals surface area contributed by atoms with Crippen molar-refractivity contribution in [1.82, 2.24) is 9.78 Å². The van der Waals surface area contributed by atoms with Crippen molar-refractivity contribution in [3.8, 4) is 11.5 Å². The van der Waals surface area contributed by atoms with Crippen LogP contribution in [0.1, 0.15) is 40.5 Å². The van der Waals surface area contributed by atoms with E-state index in [1.54, 1.807) is 6.92 Å². The van der Waals surface area contributed by atoms with E-state index >= 15 is 0 Å². The highest BCUT2D eigenvalue weighted by molar-refractivity contribution is 8.07. The number of unbranched alkanes of at least 4 members (excludes halogenated alkanes) is 1. The van der Waals surface area contributed by atoms with Crippen LogP contribution in [0.2, 0.25) is 0 Å². The highest BCUT2D eigenvalue weighted by Crippen LogP contribution is 2.51. The summed E-state index contributed by atoms with van der Waals surface area (Å²) in [6, 6.07) is 0. The van der Waals surface area contributed by atoms with Gasteiger partial charge in [0, 0.05) is 18.4 Å². The van der Waals surface area contributed by atoms with E-state index in [4.69, 9.17) is 30.1 Å². The van der Waals surface area contributed by atoms with Crippen molar-refractivity contribution in [3.63, 3.8) is 0 Å². The Kier molecular flexibility index (Phi) is 8.19. The van der Waals surface area contributed by atoms with Gasteiger partial charge in [0.05, 0.1) is 26.0 Å². The van der Waals surface area contributed by atoms with E-state index in [9.17, 15) is 4.79 Å². The number of hydrogen-bond donors (Lipinski definition) is 0. The molecule has 7 nitrogen and oxygen atoms in total. The van der Waals surface area contributed by atoms with Crippen LogP contribution in [-0.4, -0.2) is 29.6 Å². The molecule has 0 bridgehead atoms. The molecule has 0 spiro atoms. The molecule has 1 aromatic rings. The molecule has 0 aromatic carbocycles. The fourth-order valence-corrected chi connectivity index (χ4v) is 4.22. The van der Waals surface area contributed by atoms with Crippen LogP contribution in [-0.2, 0) is 27.4 Å². The fraction of sp³-hybridized carbons (Fsp3) is 0.714. The van der Waals surface area contributed by atoms with Crippen LogP contribution >= 0.6 is 6.72 Å². The topological polar surface area (TPSA) is 71.8 Å². The van der Waals surface area contributed by atoms with Crippen LogP contribution in [0.4, 0.5) is 0 Å². The first-order chi connectivity index (χ1) is 10.9. The monoisotopic (exact) mass is 364 g/mol. The molecule has 0 aliphatic carbocycles. The average molecular weight is 364 g/mol. The van der Waals surface area contributed by atoms with Crippen LogP contribution in [0, 0.1) is 0 Å². The second kappa shape index (κ2) is 9.37. The third kappa shape index (κ3) is 5.88. The van der Waals surface area contributed by atoms with Gasteiger partial charge in [0.1, 0.15) is 0 Å². The molecule has 0 saturated heterocycles. The van der Waals surface area contributed by atoms with Gasteiger partial charge >= 0.3 is 12.3 Å². The van der Waals surface area contributed by atoms with E-state index in [1.807, 2.05) is 20.8 Å². The number of nitrogens with zero attached hydrogens (tertiary/aromatic N) is 2. The summed E-state index contributed by atoms with van der Waals surface area (Å²) >= 11 is 5.37. The molecule has 9 heteroatoms. The van der Waals surface area contributed by atoms with Crippen LogP contribution < -0.4 is 14.8 Å². The van der Waals surface area contributed by atoms with Crippen LogP contribution in [0.3, 0.4) is 0 Å². The predicted octanol–water partition coefficient (Wildman–Crippen LogP) is 3.12. The molecule has 1 aromatic heterocycles.